The first kappa shape index (κ1) is 16.5. The Morgan fingerprint density at radius 1 is 1.43 bits per heavy atom. The zero-order chi connectivity index (χ0) is 16.2. The lowest BCUT2D eigenvalue weighted by atomic mass is 10.2. The third kappa shape index (κ3) is 4.12. The number of amides is 1. The number of rotatable bonds is 4. The van der Waals surface area contributed by atoms with E-state index in [0.29, 0.717) is 13.2 Å². The van der Waals surface area contributed by atoms with E-state index in [-0.39, 0.29) is 12.0 Å². The van der Waals surface area contributed by atoms with Gasteiger partial charge in [0.1, 0.15) is 6.10 Å². The molecule has 1 saturated heterocycles. The minimum Gasteiger partial charge on any atom is -0.366 e. The predicted octanol–water partition coefficient (Wildman–Crippen LogP) is 3.02. The van der Waals surface area contributed by atoms with E-state index in [0.717, 1.165) is 23.7 Å². The Bertz CT molecular complexity index is 689. The molecule has 0 bridgehead atoms. The molecule has 1 atom stereocenters. The van der Waals surface area contributed by atoms with Gasteiger partial charge in [0.25, 0.3) is 0 Å². The first-order valence-corrected chi connectivity index (χ1v) is 8.75. The highest BCUT2D eigenvalue weighted by Gasteiger charge is 2.26. The Morgan fingerprint density at radius 3 is 3.09 bits per heavy atom. The highest BCUT2D eigenvalue weighted by molar-refractivity contribution is 7.15. The Morgan fingerprint density at radius 2 is 2.30 bits per heavy atom. The molecule has 0 saturated carbocycles. The molecule has 2 aromatic rings. The van der Waals surface area contributed by atoms with Crippen molar-refractivity contribution in [2.24, 2.45) is 0 Å². The standard InChI is InChI=1S/C17H19ClN2O2S/c1-19-17(21)15-11-20(7-8-22-15)10-14-5-6-16(23-14)12-3-2-4-13(18)9-12/h2-6,9,15H,7-8,10-11H2,1H3,(H,19,21). The van der Waals surface area contributed by atoms with Gasteiger partial charge in [0.2, 0.25) is 5.91 Å². The van der Waals surface area contributed by atoms with Crippen LogP contribution in [0.15, 0.2) is 36.4 Å². The number of thiophene rings is 1. The number of carbonyl (C=O) groups excluding carboxylic acids is 1. The van der Waals surface area contributed by atoms with Crippen LogP contribution in [0.25, 0.3) is 10.4 Å². The lowest BCUT2D eigenvalue weighted by Gasteiger charge is -2.31. The Hall–Kier alpha value is -1.40. The number of hydrogen-bond donors (Lipinski definition) is 1. The third-order valence-corrected chi connectivity index (χ3v) is 5.19. The van der Waals surface area contributed by atoms with Crippen molar-refractivity contribution >= 4 is 28.8 Å². The average Bonchev–Trinajstić information content (AvgIpc) is 3.03. The summed E-state index contributed by atoms with van der Waals surface area (Å²) in [5, 5.41) is 3.40. The van der Waals surface area contributed by atoms with Crippen LogP contribution in [0.5, 0.6) is 0 Å². The lowest BCUT2D eigenvalue weighted by molar-refractivity contribution is -0.138. The molecule has 1 aromatic heterocycles. The number of nitrogens with zero attached hydrogens (tertiary/aromatic N) is 1. The van der Waals surface area contributed by atoms with Crippen LogP contribution >= 0.6 is 22.9 Å². The van der Waals surface area contributed by atoms with Crippen LogP contribution in [0, 0.1) is 0 Å². The minimum atomic E-state index is -0.374. The molecular formula is C17H19ClN2O2S. The van der Waals surface area contributed by atoms with Gasteiger partial charge in [-0.25, -0.2) is 0 Å². The summed E-state index contributed by atoms with van der Waals surface area (Å²) in [6.07, 6.45) is -0.374. The van der Waals surface area contributed by atoms with Crippen molar-refractivity contribution in [3.05, 3.63) is 46.3 Å². The molecule has 23 heavy (non-hydrogen) atoms. The molecule has 4 nitrogen and oxygen atoms in total. The molecule has 1 unspecified atom stereocenters. The van der Waals surface area contributed by atoms with Gasteiger partial charge in [0.05, 0.1) is 6.61 Å². The van der Waals surface area contributed by atoms with Crippen molar-refractivity contribution in [2.75, 3.05) is 26.7 Å². The van der Waals surface area contributed by atoms with Gasteiger partial charge in [-0.1, -0.05) is 23.7 Å². The van der Waals surface area contributed by atoms with Crippen LogP contribution < -0.4 is 5.32 Å². The SMILES string of the molecule is CNC(=O)C1CN(Cc2ccc(-c3cccc(Cl)c3)s2)CCO1. The number of carbonyl (C=O) groups is 1. The fourth-order valence-corrected chi connectivity index (χ4v) is 3.88. The maximum atomic E-state index is 11.7. The molecule has 1 aromatic carbocycles. The number of morpholine rings is 1. The van der Waals surface area contributed by atoms with E-state index in [1.807, 2.05) is 18.2 Å². The van der Waals surface area contributed by atoms with Crippen molar-refractivity contribution < 1.29 is 9.53 Å². The molecule has 1 N–H and O–H groups in total. The molecule has 0 spiro atoms. The summed E-state index contributed by atoms with van der Waals surface area (Å²) in [7, 11) is 1.64. The monoisotopic (exact) mass is 350 g/mol. The molecule has 0 aliphatic carbocycles. The van der Waals surface area contributed by atoms with Gasteiger partial charge in [-0.3, -0.25) is 9.69 Å². The number of benzene rings is 1. The first-order chi connectivity index (χ1) is 11.2. The first-order valence-electron chi connectivity index (χ1n) is 7.56. The van der Waals surface area contributed by atoms with Gasteiger partial charge < -0.3 is 10.1 Å². The Balaban J connectivity index is 1.66. The van der Waals surface area contributed by atoms with E-state index in [4.69, 9.17) is 16.3 Å². The summed E-state index contributed by atoms with van der Waals surface area (Å²) in [4.78, 5) is 16.5. The second-order valence-electron chi connectivity index (χ2n) is 5.49. The highest BCUT2D eigenvalue weighted by Crippen LogP contribution is 2.30. The summed E-state index contributed by atoms with van der Waals surface area (Å²) in [6.45, 7) is 2.90. The van der Waals surface area contributed by atoms with Gasteiger partial charge in [0.15, 0.2) is 0 Å². The molecule has 1 fully saturated rings. The van der Waals surface area contributed by atoms with Crippen LogP contribution in [-0.4, -0.2) is 43.7 Å². The van der Waals surface area contributed by atoms with Crippen molar-refractivity contribution in [1.82, 2.24) is 10.2 Å². The number of nitrogens with one attached hydrogen (secondary N) is 1. The van der Waals surface area contributed by atoms with E-state index in [9.17, 15) is 4.79 Å². The summed E-state index contributed by atoms with van der Waals surface area (Å²) >= 11 is 7.82. The summed E-state index contributed by atoms with van der Waals surface area (Å²) in [6, 6.07) is 12.2. The van der Waals surface area contributed by atoms with E-state index < -0.39 is 0 Å². The van der Waals surface area contributed by atoms with Crippen LogP contribution in [0.1, 0.15) is 4.88 Å². The maximum Gasteiger partial charge on any atom is 0.250 e. The summed E-state index contributed by atoms with van der Waals surface area (Å²) < 4.78 is 5.52. The second kappa shape index (κ2) is 7.45. The van der Waals surface area contributed by atoms with Crippen molar-refractivity contribution in [3.8, 4) is 10.4 Å². The maximum absolute atomic E-state index is 11.7. The quantitative estimate of drug-likeness (QED) is 0.921. The number of halogens is 1. The van der Waals surface area contributed by atoms with Gasteiger partial charge in [-0.15, -0.1) is 11.3 Å². The fraction of sp³-hybridized carbons (Fsp3) is 0.353. The van der Waals surface area contributed by atoms with E-state index in [1.165, 1.54) is 9.75 Å². The van der Waals surface area contributed by atoms with Crippen LogP contribution in [-0.2, 0) is 16.1 Å². The lowest BCUT2D eigenvalue weighted by Crippen LogP contribution is -2.48. The predicted molar refractivity (Wildman–Crippen MR) is 93.8 cm³/mol. The Labute approximate surface area is 145 Å². The molecule has 0 radical (unpaired) electrons. The molecular weight excluding hydrogens is 332 g/mol. The normalized spacial score (nSPS) is 18.8. The topological polar surface area (TPSA) is 41.6 Å². The highest BCUT2D eigenvalue weighted by atomic mass is 35.5. The van der Waals surface area contributed by atoms with Gasteiger partial charge >= 0.3 is 0 Å². The van der Waals surface area contributed by atoms with E-state index in [1.54, 1.807) is 18.4 Å². The van der Waals surface area contributed by atoms with E-state index in [2.05, 4.69) is 28.4 Å². The summed E-state index contributed by atoms with van der Waals surface area (Å²) in [5.41, 5.74) is 1.14. The van der Waals surface area contributed by atoms with Gasteiger partial charge in [0, 0.05) is 41.5 Å². The van der Waals surface area contributed by atoms with Crippen molar-refractivity contribution in [2.45, 2.75) is 12.6 Å². The van der Waals surface area contributed by atoms with Crippen molar-refractivity contribution in [1.29, 1.82) is 0 Å². The number of hydrogen-bond acceptors (Lipinski definition) is 4. The average molecular weight is 351 g/mol. The minimum absolute atomic E-state index is 0.0551. The molecule has 1 aliphatic heterocycles. The molecule has 6 heteroatoms. The molecule has 3 rings (SSSR count). The zero-order valence-corrected chi connectivity index (χ0v) is 14.5. The zero-order valence-electron chi connectivity index (χ0n) is 12.9. The van der Waals surface area contributed by atoms with E-state index >= 15 is 0 Å². The number of ether oxygens (including phenoxy) is 1. The van der Waals surface area contributed by atoms with Gasteiger partial charge in [-0.05, 0) is 29.8 Å². The Kier molecular flexibility index (Phi) is 5.33. The third-order valence-electron chi connectivity index (χ3n) is 3.84. The van der Waals surface area contributed by atoms with Crippen LogP contribution in [0.2, 0.25) is 5.02 Å². The van der Waals surface area contributed by atoms with Gasteiger partial charge in [-0.2, -0.15) is 0 Å². The van der Waals surface area contributed by atoms with Crippen LogP contribution in [0.3, 0.4) is 0 Å². The fourth-order valence-electron chi connectivity index (χ4n) is 2.65. The molecule has 1 amide bonds. The second-order valence-corrected chi connectivity index (χ2v) is 7.09. The number of likely N-dealkylation sites (N-methyl/N-ethyl adjacent to an activating group) is 1. The van der Waals surface area contributed by atoms with Crippen molar-refractivity contribution in [3.63, 3.8) is 0 Å². The summed E-state index contributed by atoms with van der Waals surface area (Å²) in [5.74, 6) is -0.0551. The smallest absolute Gasteiger partial charge is 0.250 e. The molecule has 122 valence electrons. The molecule has 1 aliphatic rings. The van der Waals surface area contributed by atoms with Crippen LogP contribution in [0.4, 0.5) is 0 Å². The largest absolute Gasteiger partial charge is 0.366 e. The molecule has 2 heterocycles.